The van der Waals surface area contributed by atoms with Crippen LogP contribution in [0.5, 0.6) is 0 Å². The Morgan fingerprint density at radius 3 is 2.29 bits per heavy atom. The van der Waals surface area contributed by atoms with Crippen LogP contribution in [0.15, 0.2) is 24.3 Å². The number of nitrogens with one attached hydrogen (secondary N) is 1. The Kier molecular flexibility index (Phi) is 5.16. The minimum atomic E-state index is -0.786. The highest BCUT2D eigenvalue weighted by Crippen LogP contribution is 2.14. The van der Waals surface area contributed by atoms with Crippen LogP contribution in [-0.2, 0) is 11.3 Å². The molecule has 1 rings (SSSR count). The number of carboxylic acid groups (broad SMARTS) is 1. The van der Waals surface area contributed by atoms with Gasteiger partial charge in [-0.25, -0.2) is 0 Å². The summed E-state index contributed by atoms with van der Waals surface area (Å²) in [5, 5.41) is 11.9. The molecule has 0 aromatic heterocycles. The van der Waals surface area contributed by atoms with Crippen molar-refractivity contribution in [3.8, 4) is 0 Å². The molecule has 1 unspecified atom stereocenters. The van der Waals surface area contributed by atoms with Gasteiger partial charge >= 0.3 is 5.97 Å². The fourth-order valence-electron chi connectivity index (χ4n) is 1.67. The highest BCUT2D eigenvalue weighted by Gasteiger charge is 2.13. The van der Waals surface area contributed by atoms with E-state index in [4.69, 9.17) is 5.11 Å². The quantitative estimate of drug-likeness (QED) is 0.797. The van der Waals surface area contributed by atoms with E-state index >= 15 is 0 Å². The van der Waals surface area contributed by atoms with Crippen LogP contribution in [0, 0.1) is 0 Å². The lowest BCUT2D eigenvalue weighted by Crippen LogP contribution is -2.35. The van der Waals surface area contributed by atoms with Gasteiger partial charge in [-0.3, -0.25) is 4.79 Å². The van der Waals surface area contributed by atoms with Gasteiger partial charge in [0.05, 0.1) is 0 Å². The van der Waals surface area contributed by atoms with Crippen molar-refractivity contribution in [2.75, 3.05) is 0 Å². The maximum atomic E-state index is 10.8. The molecule has 0 aliphatic carbocycles. The van der Waals surface area contributed by atoms with Crippen molar-refractivity contribution in [3.63, 3.8) is 0 Å². The summed E-state index contributed by atoms with van der Waals surface area (Å²) < 4.78 is 0. The molecule has 0 aliphatic heterocycles. The maximum absolute atomic E-state index is 10.8. The summed E-state index contributed by atoms with van der Waals surface area (Å²) in [5.41, 5.74) is 2.42. The summed E-state index contributed by atoms with van der Waals surface area (Å²) in [6.45, 7) is 6.78. The predicted octanol–water partition coefficient (Wildman–Crippen LogP) is 2.76. The normalized spacial score (nSPS) is 12.7. The van der Waals surface area contributed by atoms with E-state index in [1.54, 1.807) is 0 Å². The molecule has 0 radical (unpaired) electrons. The minimum absolute atomic E-state index is 0.459. The third-order valence-corrected chi connectivity index (χ3v) is 2.91. The molecule has 0 amide bonds. The molecule has 3 nitrogen and oxygen atoms in total. The molecule has 0 saturated heterocycles. The summed E-state index contributed by atoms with van der Waals surface area (Å²) in [6, 6.07) is 7.85. The average molecular weight is 235 g/mol. The van der Waals surface area contributed by atoms with Crippen molar-refractivity contribution in [2.45, 2.75) is 45.7 Å². The van der Waals surface area contributed by atoms with E-state index in [9.17, 15) is 4.79 Å². The molecule has 0 aliphatic rings. The summed E-state index contributed by atoms with van der Waals surface area (Å²) in [4.78, 5) is 10.8. The standard InChI is InChI=1S/C14H21NO2/c1-4-13(14(16)17)15-9-11-5-7-12(8-6-11)10(2)3/h5-8,10,13,15H,4,9H2,1-3H3,(H,16,17). The molecule has 17 heavy (non-hydrogen) atoms. The van der Waals surface area contributed by atoms with Gasteiger partial charge in [-0.15, -0.1) is 0 Å². The van der Waals surface area contributed by atoms with Crippen LogP contribution in [0.3, 0.4) is 0 Å². The minimum Gasteiger partial charge on any atom is -0.480 e. The average Bonchev–Trinajstić information content (AvgIpc) is 2.30. The number of carboxylic acids is 1. The molecule has 1 aromatic rings. The van der Waals surface area contributed by atoms with Gasteiger partial charge in [-0.2, -0.15) is 0 Å². The zero-order valence-corrected chi connectivity index (χ0v) is 10.7. The summed E-state index contributed by atoms with van der Waals surface area (Å²) in [6.07, 6.45) is 0.597. The Morgan fingerprint density at radius 1 is 1.29 bits per heavy atom. The van der Waals surface area contributed by atoms with E-state index in [-0.39, 0.29) is 0 Å². The van der Waals surface area contributed by atoms with Crippen molar-refractivity contribution in [3.05, 3.63) is 35.4 Å². The van der Waals surface area contributed by atoms with Crippen LogP contribution >= 0.6 is 0 Å². The Hall–Kier alpha value is -1.35. The van der Waals surface area contributed by atoms with Crippen molar-refractivity contribution in [1.82, 2.24) is 5.32 Å². The monoisotopic (exact) mass is 235 g/mol. The van der Waals surface area contributed by atoms with Crippen molar-refractivity contribution in [1.29, 1.82) is 0 Å². The molecule has 0 bridgehead atoms. The Labute approximate surface area is 103 Å². The van der Waals surface area contributed by atoms with E-state index in [0.717, 1.165) is 5.56 Å². The number of carbonyl (C=O) groups is 1. The highest BCUT2D eigenvalue weighted by molar-refractivity contribution is 5.73. The zero-order valence-electron chi connectivity index (χ0n) is 10.7. The number of rotatable bonds is 6. The van der Waals surface area contributed by atoms with Gasteiger partial charge in [0, 0.05) is 6.54 Å². The van der Waals surface area contributed by atoms with E-state index in [2.05, 4.69) is 43.4 Å². The van der Waals surface area contributed by atoms with Crippen molar-refractivity contribution < 1.29 is 9.90 Å². The molecule has 94 valence electrons. The molecule has 3 heteroatoms. The van der Waals surface area contributed by atoms with Gasteiger partial charge in [-0.05, 0) is 23.5 Å². The molecule has 0 saturated carbocycles. The number of hydrogen-bond acceptors (Lipinski definition) is 2. The molecule has 0 heterocycles. The fraction of sp³-hybridized carbons (Fsp3) is 0.500. The van der Waals surface area contributed by atoms with Crippen LogP contribution in [0.25, 0.3) is 0 Å². The lowest BCUT2D eigenvalue weighted by molar-refractivity contribution is -0.139. The van der Waals surface area contributed by atoms with Crippen LogP contribution in [0.2, 0.25) is 0 Å². The first-order valence-electron chi connectivity index (χ1n) is 6.09. The van der Waals surface area contributed by atoms with E-state index in [1.165, 1.54) is 5.56 Å². The second-order valence-electron chi connectivity index (χ2n) is 4.58. The third kappa shape index (κ3) is 4.19. The molecule has 0 fully saturated rings. The number of benzene rings is 1. The van der Waals surface area contributed by atoms with Crippen LogP contribution in [0.4, 0.5) is 0 Å². The summed E-state index contributed by atoms with van der Waals surface area (Å²) >= 11 is 0. The second-order valence-corrected chi connectivity index (χ2v) is 4.58. The van der Waals surface area contributed by atoms with E-state index < -0.39 is 12.0 Å². The molecular formula is C14H21NO2. The predicted molar refractivity (Wildman–Crippen MR) is 69.1 cm³/mol. The van der Waals surface area contributed by atoms with Gasteiger partial charge in [0.15, 0.2) is 0 Å². The first-order valence-corrected chi connectivity index (χ1v) is 6.09. The Morgan fingerprint density at radius 2 is 1.88 bits per heavy atom. The first kappa shape index (κ1) is 13.7. The SMILES string of the molecule is CCC(NCc1ccc(C(C)C)cc1)C(=O)O. The fourth-order valence-corrected chi connectivity index (χ4v) is 1.67. The summed E-state index contributed by atoms with van der Waals surface area (Å²) in [7, 11) is 0. The summed E-state index contributed by atoms with van der Waals surface area (Å²) in [5.74, 6) is -0.259. The Balaban J connectivity index is 2.55. The lowest BCUT2D eigenvalue weighted by Gasteiger charge is -2.12. The topological polar surface area (TPSA) is 49.3 Å². The van der Waals surface area contributed by atoms with Crippen molar-refractivity contribution >= 4 is 5.97 Å². The molecule has 1 aromatic carbocycles. The van der Waals surface area contributed by atoms with Gasteiger partial charge in [0.1, 0.15) is 6.04 Å². The number of aliphatic carboxylic acids is 1. The van der Waals surface area contributed by atoms with Gasteiger partial charge < -0.3 is 10.4 Å². The lowest BCUT2D eigenvalue weighted by atomic mass is 10.0. The third-order valence-electron chi connectivity index (χ3n) is 2.91. The molecule has 2 N–H and O–H groups in total. The van der Waals surface area contributed by atoms with Crippen molar-refractivity contribution in [2.24, 2.45) is 0 Å². The van der Waals surface area contributed by atoms with Gasteiger partial charge in [0.25, 0.3) is 0 Å². The van der Waals surface area contributed by atoms with E-state index in [1.807, 2.05) is 6.92 Å². The molecule has 0 spiro atoms. The first-order chi connectivity index (χ1) is 8.04. The van der Waals surface area contributed by atoms with Gasteiger partial charge in [0.2, 0.25) is 0 Å². The zero-order chi connectivity index (χ0) is 12.8. The number of hydrogen-bond donors (Lipinski definition) is 2. The largest absolute Gasteiger partial charge is 0.480 e. The molecular weight excluding hydrogens is 214 g/mol. The maximum Gasteiger partial charge on any atom is 0.320 e. The smallest absolute Gasteiger partial charge is 0.320 e. The highest BCUT2D eigenvalue weighted by atomic mass is 16.4. The van der Waals surface area contributed by atoms with Crippen LogP contribution in [-0.4, -0.2) is 17.1 Å². The second kappa shape index (κ2) is 6.40. The van der Waals surface area contributed by atoms with Crippen LogP contribution < -0.4 is 5.32 Å². The Bertz CT molecular complexity index is 357. The molecule has 1 atom stereocenters. The van der Waals surface area contributed by atoms with E-state index in [0.29, 0.717) is 18.9 Å². The van der Waals surface area contributed by atoms with Gasteiger partial charge in [-0.1, -0.05) is 45.0 Å². The van der Waals surface area contributed by atoms with Crippen LogP contribution in [0.1, 0.15) is 44.2 Å².